The lowest BCUT2D eigenvalue weighted by Gasteiger charge is -2.21. The van der Waals surface area contributed by atoms with E-state index in [-0.39, 0.29) is 11.8 Å². The molecule has 1 aromatic rings. The second-order valence-electron chi connectivity index (χ2n) is 4.92. The van der Waals surface area contributed by atoms with Crippen LogP contribution in [0.4, 0.5) is 14.9 Å². The number of urea groups is 1. The molecular formula is C14H20FN3O2. The molecule has 0 unspecified atom stereocenters. The van der Waals surface area contributed by atoms with E-state index in [0.717, 1.165) is 26.1 Å². The number of benzene rings is 1. The third-order valence-corrected chi connectivity index (χ3v) is 3.41. The van der Waals surface area contributed by atoms with Gasteiger partial charge in [-0.05, 0) is 32.1 Å². The molecule has 1 aliphatic rings. The van der Waals surface area contributed by atoms with Crippen LogP contribution in [-0.4, -0.2) is 56.2 Å². The minimum atomic E-state index is -0.485. The summed E-state index contributed by atoms with van der Waals surface area (Å²) >= 11 is 0. The Bertz CT molecular complexity index is 481. The maximum Gasteiger partial charge on any atom is 0.321 e. The minimum Gasteiger partial charge on any atom is -0.494 e. The van der Waals surface area contributed by atoms with Crippen molar-refractivity contribution >= 4 is 11.7 Å². The lowest BCUT2D eigenvalue weighted by molar-refractivity contribution is 0.213. The van der Waals surface area contributed by atoms with Crippen LogP contribution in [0.3, 0.4) is 0 Å². The van der Waals surface area contributed by atoms with Gasteiger partial charge in [-0.2, -0.15) is 0 Å². The summed E-state index contributed by atoms with van der Waals surface area (Å²) in [5.74, 6) is -0.319. The molecule has 2 amide bonds. The van der Waals surface area contributed by atoms with Crippen molar-refractivity contribution in [3.8, 4) is 5.75 Å². The van der Waals surface area contributed by atoms with Crippen molar-refractivity contribution in [1.82, 2.24) is 9.80 Å². The molecule has 0 radical (unpaired) electrons. The van der Waals surface area contributed by atoms with Crippen molar-refractivity contribution in [2.75, 3.05) is 45.7 Å². The standard InChI is InChI=1S/C14H20FN3O2/c1-17-6-3-7-18(9-8-17)14(19)16-11-4-5-13(20-2)12(15)10-11/h4-5,10H,3,6-9H2,1-2H3,(H,16,19). The largest absolute Gasteiger partial charge is 0.494 e. The van der Waals surface area contributed by atoms with Crippen molar-refractivity contribution in [1.29, 1.82) is 0 Å². The van der Waals surface area contributed by atoms with E-state index in [1.54, 1.807) is 11.0 Å². The predicted octanol–water partition coefficient (Wildman–Crippen LogP) is 2.00. The van der Waals surface area contributed by atoms with Crippen LogP contribution >= 0.6 is 0 Å². The van der Waals surface area contributed by atoms with Crippen molar-refractivity contribution in [3.63, 3.8) is 0 Å². The van der Waals surface area contributed by atoms with Crippen molar-refractivity contribution < 1.29 is 13.9 Å². The molecule has 0 bridgehead atoms. The van der Waals surface area contributed by atoms with E-state index in [1.165, 1.54) is 19.2 Å². The van der Waals surface area contributed by atoms with Crippen LogP contribution < -0.4 is 10.1 Å². The molecule has 5 nitrogen and oxygen atoms in total. The van der Waals surface area contributed by atoms with Crippen LogP contribution in [0.5, 0.6) is 5.75 Å². The molecule has 0 atom stereocenters. The zero-order valence-electron chi connectivity index (χ0n) is 11.9. The maximum atomic E-state index is 13.6. The van der Waals surface area contributed by atoms with Gasteiger partial charge in [0.05, 0.1) is 7.11 Å². The van der Waals surface area contributed by atoms with Crippen LogP contribution in [0.2, 0.25) is 0 Å². The molecule has 0 aromatic heterocycles. The van der Waals surface area contributed by atoms with E-state index in [9.17, 15) is 9.18 Å². The Morgan fingerprint density at radius 2 is 2.10 bits per heavy atom. The fourth-order valence-corrected chi connectivity index (χ4v) is 2.20. The Kier molecular flexibility index (Phi) is 4.79. The minimum absolute atomic E-state index is 0.166. The molecule has 0 spiro atoms. The van der Waals surface area contributed by atoms with E-state index in [4.69, 9.17) is 4.74 Å². The van der Waals surface area contributed by atoms with E-state index < -0.39 is 5.82 Å². The number of nitrogens with zero attached hydrogens (tertiary/aromatic N) is 2. The summed E-state index contributed by atoms with van der Waals surface area (Å²) in [5.41, 5.74) is 0.436. The number of nitrogens with one attached hydrogen (secondary N) is 1. The maximum absolute atomic E-state index is 13.6. The number of anilines is 1. The third kappa shape index (κ3) is 3.60. The van der Waals surface area contributed by atoms with Gasteiger partial charge in [-0.3, -0.25) is 0 Å². The Balaban J connectivity index is 1.98. The van der Waals surface area contributed by atoms with E-state index >= 15 is 0 Å². The summed E-state index contributed by atoms with van der Waals surface area (Å²) < 4.78 is 18.4. The number of methoxy groups -OCH3 is 1. The molecule has 2 rings (SSSR count). The van der Waals surface area contributed by atoms with Gasteiger partial charge in [0.1, 0.15) is 0 Å². The Hall–Kier alpha value is -1.82. The van der Waals surface area contributed by atoms with Gasteiger partial charge in [0.25, 0.3) is 0 Å². The second-order valence-corrected chi connectivity index (χ2v) is 4.92. The van der Waals surface area contributed by atoms with Crippen molar-refractivity contribution in [2.24, 2.45) is 0 Å². The Morgan fingerprint density at radius 1 is 1.30 bits per heavy atom. The molecule has 110 valence electrons. The number of amides is 2. The molecule has 1 fully saturated rings. The molecular weight excluding hydrogens is 261 g/mol. The quantitative estimate of drug-likeness (QED) is 0.902. The number of halogens is 1. The number of ether oxygens (including phenoxy) is 1. The average molecular weight is 281 g/mol. The summed E-state index contributed by atoms with van der Waals surface area (Å²) in [7, 11) is 3.45. The Morgan fingerprint density at radius 3 is 2.80 bits per heavy atom. The van der Waals surface area contributed by atoms with E-state index in [1.807, 2.05) is 7.05 Å². The topological polar surface area (TPSA) is 44.8 Å². The lowest BCUT2D eigenvalue weighted by atomic mass is 10.3. The zero-order chi connectivity index (χ0) is 14.5. The highest BCUT2D eigenvalue weighted by Gasteiger charge is 2.17. The lowest BCUT2D eigenvalue weighted by Crippen LogP contribution is -2.37. The third-order valence-electron chi connectivity index (χ3n) is 3.41. The highest BCUT2D eigenvalue weighted by molar-refractivity contribution is 5.89. The fraction of sp³-hybridized carbons (Fsp3) is 0.500. The Labute approximate surface area is 118 Å². The molecule has 1 saturated heterocycles. The first-order valence-corrected chi connectivity index (χ1v) is 6.68. The molecule has 1 N–H and O–H groups in total. The number of hydrogen-bond acceptors (Lipinski definition) is 3. The highest BCUT2D eigenvalue weighted by Crippen LogP contribution is 2.20. The summed E-state index contributed by atoms with van der Waals surface area (Å²) in [5, 5.41) is 2.72. The van der Waals surface area contributed by atoms with Crippen molar-refractivity contribution in [3.05, 3.63) is 24.0 Å². The predicted molar refractivity (Wildman–Crippen MR) is 75.7 cm³/mol. The van der Waals surface area contributed by atoms with Gasteiger partial charge in [-0.25, -0.2) is 9.18 Å². The molecule has 20 heavy (non-hydrogen) atoms. The number of carbonyl (C=O) groups is 1. The van der Waals surface area contributed by atoms with E-state index in [0.29, 0.717) is 12.2 Å². The first-order valence-electron chi connectivity index (χ1n) is 6.68. The number of hydrogen-bond donors (Lipinski definition) is 1. The monoisotopic (exact) mass is 281 g/mol. The SMILES string of the molecule is COc1ccc(NC(=O)N2CCCN(C)CC2)cc1F. The number of carbonyl (C=O) groups excluding carboxylic acids is 1. The summed E-state index contributed by atoms with van der Waals surface area (Å²) in [4.78, 5) is 16.1. The van der Waals surface area contributed by atoms with Crippen LogP contribution in [-0.2, 0) is 0 Å². The van der Waals surface area contributed by atoms with E-state index in [2.05, 4.69) is 10.2 Å². The van der Waals surface area contributed by atoms with Crippen LogP contribution in [0, 0.1) is 5.82 Å². The van der Waals surface area contributed by atoms with Crippen molar-refractivity contribution in [2.45, 2.75) is 6.42 Å². The van der Waals surface area contributed by atoms with Gasteiger partial charge < -0.3 is 19.9 Å². The second kappa shape index (κ2) is 6.56. The highest BCUT2D eigenvalue weighted by atomic mass is 19.1. The van der Waals surface area contributed by atoms with Gasteiger partial charge >= 0.3 is 6.03 Å². The first kappa shape index (κ1) is 14.6. The van der Waals surface area contributed by atoms with Gasteiger partial charge in [-0.1, -0.05) is 0 Å². The summed E-state index contributed by atoms with van der Waals surface area (Å²) in [6.07, 6.45) is 0.945. The molecule has 0 saturated carbocycles. The first-order chi connectivity index (χ1) is 9.60. The average Bonchev–Trinajstić information content (AvgIpc) is 2.64. The normalized spacial score (nSPS) is 16.6. The number of likely N-dealkylation sites (N-methyl/N-ethyl adjacent to an activating group) is 1. The number of rotatable bonds is 2. The van der Waals surface area contributed by atoms with Gasteiger partial charge in [0.2, 0.25) is 0 Å². The van der Waals surface area contributed by atoms with Crippen LogP contribution in [0.1, 0.15) is 6.42 Å². The summed E-state index contributed by atoms with van der Waals surface area (Å²) in [6.45, 7) is 3.24. The summed E-state index contributed by atoms with van der Waals surface area (Å²) in [6, 6.07) is 4.20. The fourth-order valence-electron chi connectivity index (χ4n) is 2.20. The van der Waals surface area contributed by atoms with Crippen LogP contribution in [0.25, 0.3) is 0 Å². The molecule has 1 aromatic carbocycles. The molecule has 1 aliphatic heterocycles. The zero-order valence-corrected chi connectivity index (χ0v) is 11.9. The van der Waals surface area contributed by atoms with Gasteiger partial charge in [0, 0.05) is 31.4 Å². The smallest absolute Gasteiger partial charge is 0.321 e. The van der Waals surface area contributed by atoms with Gasteiger partial charge in [-0.15, -0.1) is 0 Å². The molecule has 6 heteroatoms. The van der Waals surface area contributed by atoms with Crippen LogP contribution in [0.15, 0.2) is 18.2 Å². The van der Waals surface area contributed by atoms with Gasteiger partial charge in [0.15, 0.2) is 11.6 Å². The molecule has 0 aliphatic carbocycles. The molecule has 1 heterocycles.